The fourth-order valence-electron chi connectivity index (χ4n) is 2.70. The number of H-pyrrole nitrogens is 1. The number of nitrogens with zero attached hydrogens (tertiary/aromatic N) is 1. The number of hydrogen-bond donors (Lipinski definition) is 2. The minimum atomic E-state index is -0.0788. The standard InChI is InChI=1S/C15H19N3O2S/c1-20-12-4-2-11(3-5-12)16-15(19)14-8-13(17-18-14)10-6-7-21-9-10/h6-9,11-12H,2-5H2,1H3,(H,16,19)(H,17,18). The van der Waals surface area contributed by atoms with Crippen LogP contribution >= 0.6 is 11.3 Å². The van der Waals surface area contributed by atoms with Crippen LogP contribution in [0.25, 0.3) is 11.3 Å². The van der Waals surface area contributed by atoms with Crippen molar-refractivity contribution in [3.8, 4) is 11.3 Å². The normalized spacial score (nSPS) is 22.1. The Morgan fingerprint density at radius 2 is 2.24 bits per heavy atom. The van der Waals surface area contributed by atoms with Crippen molar-refractivity contribution in [1.29, 1.82) is 0 Å². The number of aromatic amines is 1. The molecule has 1 amide bonds. The summed E-state index contributed by atoms with van der Waals surface area (Å²) in [6, 6.07) is 4.03. The number of carbonyl (C=O) groups is 1. The number of methoxy groups -OCH3 is 1. The first-order valence-corrected chi connectivity index (χ1v) is 8.12. The molecule has 0 atom stereocenters. The maximum atomic E-state index is 12.2. The van der Waals surface area contributed by atoms with E-state index in [1.54, 1.807) is 24.5 Å². The second-order valence-corrected chi connectivity index (χ2v) is 6.14. The highest BCUT2D eigenvalue weighted by atomic mass is 32.1. The van der Waals surface area contributed by atoms with Crippen LogP contribution < -0.4 is 5.32 Å². The van der Waals surface area contributed by atoms with E-state index >= 15 is 0 Å². The van der Waals surface area contributed by atoms with Gasteiger partial charge in [0.2, 0.25) is 0 Å². The summed E-state index contributed by atoms with van der Waals surface area (Å²) in [5.74, 6) is -0.0788. The van der Waals surface area contributed by atoms with Crippen molar-refractivity contribution >= 4 is 17.2 Å². The molecule has 0 spiro atoms. The van der Waals surface area contributed by atoms with Crippen molar-refractivity contribution in [1.82, 2.24) is 15.5 Å². The summed E-state index contributed by atoms with van der Waals surface area (Å²) in [6.45, 7) is 0. The van der Waals surface area contributed by atoms with E-state index in [0.29, 0.717) is 11.8 Å². The molecule has 2 heterocycles. The Bertz CT molecular complexity index is 586. The van der Waals surface area contributed by atoms with E-state index in [4.69, 9.17) is 4.74 Å². The summed E-state index contributed by atoms with van der Waals surface area (Å²) < 4.78 is 5.35. The van der Waals surface area contributed by atoms with E-state index < -0.39 is 0 Å². The zero-order valence-electron chi connectivity index (χ0n) is 12.0. The van der Waals surface area contributed by atoms with Crippen molar-refractivity contribution in [2.75, 3.05) is 7.11 Å². The SMILES string of the molecule is COC1CCC(NC(=O)c2cc(-c3ccsc3)n[nH]2)CC1. The topological polar surface area (TPSA) is 67.0 Å². The lowest BCUT2D eigenvalue weighted by Gasteiger charge is -2.27. The molecular formula is C15H19N3O2S. The molecule has 112 valence electrons. The van der Waals surface area contributed by atoms with Gasteiger partial charge in [-0.15, -0.1) is 0 Å². The van der Waals surface area contributed by atoms with Crippen molar-refractivity contribution < 1.29 is 9.53 Å². The summed E-state index contributed by atoms with van der Waals surface area (Å²) in [6.07, 6.45) is 4.29. The van der Waals surface area contributed by atoms with Gasteiger partial charge in [0, 0.05) is 24.1 Å². The lowest BCUT2D eigenvalue weighted by Crippen LogP contribution is -2.39. The molecule has 5 nitrogen and oxygen atoms in total. The molecule has 2 aromatic heterocycles. The van der Waals surface area contributed by atoms with Crippen LogP contribution in [-0.2, 0) is 4.74 Å². The quantitative estimate of drug-likeness (QED) is 0.912. The van der Waals surface area contributed by atoms with Gasteiger partial charge in [-0.1, -0.05) is 0 Å². The minimum absolute atomic E-state index is 0.0788. The molecule has 1 saturated carbocycles. The fourth-order valence-corrected chi connectivity index (χ4v) is 3.35. The number of amides is 1. The number of thiophene rings is 1. The molecule has 0 bridgehead atoms. The highest BCUT2D eigenvalue weighted by Crippen LogP contribution is 2.22. The second-order valence-electron chi connectivity index (χ2n) is 5.36. The van der Waals surface area contributed by atoms with Crippen molar-refractivity contribution in [3.05, 3.63) is 28.6 Å². The molecule has 3 rings (SSSR count). The molecule has 0 saturated heterocycles. The van der Waals surface area contributed by atoms with Gasteiger partial charge in [-0.3, -0.25) is 9.89 Å². The Kier molecular flexibility index (Phi) is 4.36. The summed E-state index contributed by atoms with van der Waals surface area (Å²) in [7, 11) is 1.75. The first kappa shape index (κ1) is 14.3. The number of nitrogens with one attached hydrogen (secondary N) is 2. The first-order valence-electron chi connectivity index (χ1n) is 7.18. The fraction of sp³-hybridized carbons (Fsp3) is 0.467. The van der Waals surface area contributed by atoms with Gasteiger partial charge in [-0.25, -0.2) is 0 Å². The van der Waals surface area contributed by atoms with Gasteiger partial charge < -0.3 is 10.1 Å². The van der Waals surface area contributed by atoms with E-state index in [2.05, 4.69) is 15.5 Å². The van der Waals surface area contributed by atoms with Gasteiger partial charge in [-0.2, -0.15) is 16.4 Å². The average Bonchev–Trinajstić information content (AvgIpc) is 3.19. The lowest BCUT2D eigenvalue weighted by atomic mass is 9.93. The summed E-state index contributed by atoms with van der Waals surface area (Å²) in [5.41, 5.74) is 2.37. The van der Waals surface area contributed by atoms with Gasteiger partial charge >= 0.3 is 0 Å². The predicted octanol–water partition coefficient (Wildman–Crippen LogP) is 2.83. The van der Waals surface area contributed by atoms with Crippen molar-refractivity contribution in [3.63, 3.8) is 0 Å². The number of ether oxygens (including phenoxy) is 1. The zero-order valence-corrected chi connectivity index (χ0v) is 12.8. The Morgan fingerprint density at radius 3 is 2.90 bits per heavy atom. The molecule has 2 N–H and O–H groups in total. The van der Waals surface area contributed by atoms with Gasteiger partial charge in [0.25, 0.3) is 5.91 Å². The average molecular weight is 305 g/mol. The minimum Gasteiger partial charge on any atom is -0.381 e. The number of carbonyl (C=O) groups excluding carboxylic acids is 1. The third kappa shape index (κ3) is 3.33. The van der Waals surface area contributed by atoms with E-state index in [9.17, 15) is 4.79 Å². The predicted molar refractivity (Wildman–Crippen MR) is 82.4 cm³/mol. The van der Waals surface area contributed by atoms with Crippen molar-refractivity contribution in [2.24, 2.45) is 0 Å². The Hall–Kier alpha value is -1.66. The second kappa shape index (κ2) is 6.41. The van der Waals surface area contributed by atoms with Crippen LogP contribution in [0.1, 0.15) is 36.2 Å². The van der Waals surface area contributed by atoms with Crippen LogP contribution in [0.2, 0.25) is 0 Å². The van der Waals surface area contributed by atoms with E-state index in [-0.39, 0.29) is 11.9 Å². The van der Waals surface area contributed by atoms with Crippen LogP contribution in [0.5, 0.6) is 0 Å². The monoisotopic (exact) mass is 305 g/mol. The third-order valence-electron chi connectivity index (χ3n) is 3.98. The molecule has 21 heavy (non-hydrogen) atoms. The molecule has 2 aromatic rings. The Balaban J connectivity index is 1.59. The van der Waals surface area contributed by atoms with Gasteiger partial charge in [0.05, 0.1) is 11.8 Å². The van der Waals surface area contributed by atoms with Gasteiger partial charge in [0.1, 0.15) is 5.69 Å². The third-order valence-corrected chi connectivity index (χ3v) is 4.67. The summed E-state index contributed by atoms with van der Waals surface area (Å²) in [4.78, 5) is 12.2. The summed E-state index contributed by atoms with van der Waals surface area (Å²) in [5, 5.41) is 14.1. The summed E-state index contributed by atoms with van der Waals surface area (Å²) >= 11 is 1.62. The molecule has 0 aromatic carbocycles. The zero-order chi connectivity index (χ0) is 14.7. The highest BCUT2D eigenvalue weighted by Gasteiger charge is 2.23. The Labute approximate surface area is 127 Å². The number of rotatable bonds is 4. The van der Waals surface area contributed by atoms with Crippen LogP contribution in [0.4, 0.5) is 0 Å². The molecule has 0 unspecified atom stereocenters. The maximum Gasteiger partial charge on any atom is 0.269 e. The lowest BCUT2D eigenvalue weighted by molar-refractivity contribution is 0.0598. The van der Waals surface area contributed by atoms with Crippen LogP contribution in [0.3, 0.4) is 0 Å². The van der Waals surface area contributed by atoms with E-state index in [1.807, 2.05) is 16.8 Å². The van der Waals surface area contributed by atoms with Crippen LogP contribution in [0.15, 0.2) is 22.9 Å². The van der Waals surface area contributed by atoms with Crippen molar-refractivity contribution in [2.45, 2.75) is 37.8 Å². The smallest absolute Gasteiger partial charge is 0.269 e. The first-order chi connectivity index (χ1) is 10.3. The maximum absolute atomic E-state index is 12.2. The molecule has 0 aliphatic heterocycles. The molecular weight excluding hydrogens is 286 g/mol. The molecule has 1 fully saturated rings. The van der Waals surface area contributed by atoms with Crippen LogP contribution in [0, 0.1) is 0 Å². The Morgan fingerprint density at radius 1 is 1.43 bits per heavy atom. The molecule has 6 heteroatoms. The number of aromatic nitrogens is 2. The largest absolute Gasteiger partial charge is 0.381 e. The molecule has 1 aliphatic carbocycles. The van der Waals surface area contributed by atoms with Crippen LogP contribution in [-0.4, -0.2) is 35.4 Å². The van der Waals surface area contributed by atoms with E-state index in [1.165, 1.54) is 0 Å². The molecule has 0 radical (unpaired) electrons. The number of hydrogen-bond acceptors (Lipinski definition) is 4. The molecule has 1 aliphatic rings. The highest BCUT2D eigenvalue weighted by molar-refractivity contribution is 7.08. The van der Waals surface area contributed by atoms with E-state index in [0.717, 1.165) is 36.9 Å². The van der Waals surface area contributed by atoms with Gasteiger partial charge in [0.15, 0.2) is 0 Å². The van der Waals surface area contributed by atoms with Gasteiger partial charge in [-0.05, 0) is 43.2 Å².